The molecular formula is C81H50OS2. The van der Waals surface area contributed by atoms with Crippen LogP contribution in [0.4, 0.5) is 0 Å². The Labute approximate surface area is 497 Å². The molecule has 0 radical (unpaired) electrons. The maximum atomic E-state index is 13.8. The zero-order valence-corrected chi connectivity index (χ0v) is 47.2. The van der Waals surface area contributed by atoms with E-state index >= 15 is 0 Å². The van der Waals surface area contributed by atoms with Crippen LogP contribution < -0.4 is 0 Å². The predicted octanol–water partition coefficient (Wildman–Crippen LogP) is 20.5. The standard InChI is InChI=1S/C81H50OS2/c82-81(65-45-37-57(38-46-65)31-29-55-33-41-63(42-34-55)79(77(59-17-5-1-6-18-59)60-19-7-2-8-20-60)67-49-51-75-71(53-67)69-25-13-15-27-73(69)83-75)66-47-39-58(40-48-66)32-30-56-35-43-64(44-36-56)80(78(61-21-9-3-10-22-61)62-23-11-4-12-24-62)68-50-52-76-72(54-68)70-26-14-16-28-74(70)84-76/h1-28,33-54H. The molecule has 0 aliphatic carbocycles. The monoisotopic (exact) mass is 1100 g/mol. The summed E-state index contributed by atoms with van der Waals surface area (Å²) in [4.78, 5) is 13.8. The van der Waals surface area contributed by atoms with Gasteiger partial charge in [-0.15, -0.1) is 22.7 Å². The Balaban J connectivity index is 0.701. The Morgan fingerprint density at radius 1 is 0.214 bits per heavy atom. The van der Waals surface area contributed by atoms with E-state index in [0.29, 0.717) is 11.1 Å². The molecule has 14 aromatic rings. The van der Waals surface area contributed by atoms with Crippen LogP contribution in [0.15, 0.2) is 303 Å². The lowest BCUT2D eigenvalue weighted by molar-refractivity contribution is 0.103. The van der Waals surface area contributed by atoms with Crippen LogP contribution in [0, 0.1) is 23.7 Å². The Bertz CT molecular complexity index is 4550. The van der Waals surface area contributed by atoms with Crippen LogP contribution in [0.1, 0.15) is 82.7 Å². The largest absolute Gasteiger partial charge is 0.289 e. The smallest absolute Gasteiger partial charge is 0.193 e. The van der Waals surface area contributed by atoms with Crippen LogP contribution >= 0.6 is 22.7 Å². The molecule has 0 aliphatic heterocycles. The average Bonchev–Trinajstić information content (AvgIpc) is 4.21. The summed E-state index contributed by atoms with van der Waals surface area (Å²) in [5.41, 5.74) is 18.4. The topological polar surface area (TPSA) is 17.1 Å². The number of rotatable bonds is 10. The number of ketones is 1. The van der Waals surface area contributed by atoms with Crippen molar-refractivity contribution in [3.63, 3.8) is 0 Å². The first-order valence-corrected chi connectivity index (χ1v) is 29.7. The Morgan fingerprint density at radius 2 is 0.452 bits per heavy atom. The molecule has 3 heteroatoms. The van der Waals surface area contributed by atoms with Gasteiger partial charge in [0, 0.05) is 73.7 Å². The summed E-state index contributed by atoms with van der Waals surface area (Å²) in [5.74, 6) is 13.4. The molecule has 0 bridgehead atoms. The van der Waals surface area contributed by atoms with Gasteiger partial charge < -0.3 is 0 Å². The highest BCUT2D eigenvalue weighted by molar-refractivity contribution is 7.26. The lowest BCUT2D eigenvalue weighted by Crippen LogP contribution is -2.01. The van der Waals surface area contributed by atoms with Crippen molar-refractivity contribution in [2.24, 2.45) is 0 Å². The van der Waals surface area contributed by atoms with Gasteiger partial charge in [-0.3, -0.25) is 4.79 Å². The number of carbonyl (C=O) groups is 1. The zero-order chi connectivity index (χ0) is 56.2. The van der Waals surface area contributed by atoms with Crippen molar-refractivity contribution in [2.45, 2.75) is 0 Å². The first kappa shape index (κ1) is 51.5. The molecule has 0 N–H and O–H groups in total. The quantitative estimate of drug-likeness (QED) is 0.0758. The highest BCUT2D eigenvalue weighted by atomic mass is 32.1. The third kappa shape index (κ3) is 10.5. The molecule has 0 unspecified atom stereocenters. The highest BCUT2D eigenvalue weighted by Crippen LogP contribution is 2.43. The molecule has 0 aliphatic rings. The lowest BCUT2D eigenvalue weighted by Gasteiger charge is -2.18. The van der Waals surface area contributed by atoms with Gasteiger partial charge in [-0.2, -0.15) is 0 Å². The van der Waals surface area contributed by atoms with Crippen molar-refractivity contribution in [1.82, 2.24) is 0 Å². The maximum absolute atomic E-state index is 13.8. The second-order valence-corrected chi connectivity index (χ2v) is 22.9. The zero-order valence-electron chi connectivity index (χ0n) is 45.6. The van der Waals surface area contributed by atoms with E-state index in [9.17, 15) is 4.79 Å². The van der Waals surface area contributed by atoms with E-state index in [1.54, 1.807) is 0 Å². The number of fused-ring (bicyclic) bond motifs is 6. The molecule has 2 heterocycles. The van der Waals surface area contributed by atoms with Gasteiger partial charge in [-0.25, -0.2) is 0 Å². The second kappa shape index (κ2) is 23.1. The Kier molecular flexibility index (Phi) is 14.1. The van der Waals surface area contributed by atoms with Crippen LogP contribution in [0.3, 0.4) is 0 Å². The fourth-order valence-corrected chi connectivity index (χ4v) is 13.5. The molecule has 1 nitrogen and oxygen atoms in total. The number of carbonyl (C=O) groups excluding carboxylic acids is 1. The van der Waals surface area contributed by atoms with Crippen molar-refractivity contribution in [2.75, 3.05) is 0 Å². The predicted molar refractivity (Wildman–Crippen MR) is 356 cm³/mol. The van der Waals surface area contributed by atoms with Crippen LogP contribution in [-0.2, 0) is 0 Å². The molecule has 2 aromatic heterocycles. The molecule has 0 amide bonds. The molecule has 0 fully saturated rings. The van der Waals surface area contributed by atoms with E-state index in [-0.39, 0.29) is 5.78 Å². The minimum atomic E-state index is -0.0543. The molecular weight excluding hydrogens is 1050 g/mol. The number of benzene rings is 12. The third-order valence-electron chi connectivity index (χ3n) is 15.4. The summed E-state index contributed by atoms with van der Waals surface area (Å²) in [6.45, 7) is 0. The first-order valence-electron chi connectivity index (χ1n) is 28.1. The van der Waals surface area contributed by atoms with E-state index in [1.807, 2.05) is 71.2 Å². The van der Waals surface area contributed by atoms with Gasteiger partial charge in [-0.1, -0.05) is 218 Å². The van der Waals surface area contributed by atoms with Crippen LogP contribution in [0.2, 0.25) is 0 Å². The second-order valence-electron chi connectivity index (χ2n) is 20.7. The Morgan fingerprint density at radius 3 is 0.774 bits per heavy atom. The average molecular weight is 1100 g/mol. The van der Waals surface area contributed by atoms with Gasteiger partial charge in [0.15, 0.2) is 5.78 Å². The molecule has 392 valence electrons. The van der Waals surface area contributed by atoms with Crippen molar-refractivity contribution in [3.05, 3.63) is 381 Å². The first-order chi connectivity index (χ1) is 41.5. The third-order valence-corrected chi connectivity index (χ3v) is 17.7. The van der Waals surface area contributed by atoms with Crippen LogP contribution in [0.25, 0.3) is 62.6 Å². The van der Waals surface area contributed by atoms with Gasteiger partial charge in [0.25, 0.3) is 0 Å². The minimum Gasteiger partial charge on any atom is -0.289 e. The van der Waals surface area contributed by atoms with E-state index in [2.05, 4.69) is 278 Å². The summed E-state index contributed by atoms with van der Waals surface area (Å²) in [6, 6.07) is 106. The number of thiophene rings is 2. The maximum Gasteiger partial charge on any atom is 0.193 e. The van der Waals surface area contributed by atoms with Crippen LogP contribution in [0.5, 0.6) is 0 Å². The van der Waals surface area contributed by atoms with Crippen molar-refractivity contribution in [3.8, 4) is 23.7 Å². The summed E-state index contributed by atoms with van der Waals surface area (Å²) in [7, 11) is 0. The van der Waals surface area contributed by atoms with Gasteiger partial charge in [-0.05, 0) is 176 Å². The highest BCUT2D eigenvalue weighted by Gasteiger charge is 2.20. The summed E-state index contributed by atoms with van der Waals surface area (Å²) in [6.07, 6.45) is 0. The van der Waals surface area contributed by atoms with E-state index < -0.39 is 0 Å². The molecule has 84 heavy (non-hydrogen) atoms. The van der Waals surface area contributed by atoms with Gasteiger partial charge in [0.05, 0.1) is 0 Å². The molecule has 0 atom stereocenters. The summed E-state index contributed by atoms with van der Waals surface area (Å²) in [5, 5.41) is 5.07. The van der Waals surface area contributed by atoms with Crippen molar-refractivity contribution in [1.29, 1.82) is 0 Å². The lowest BCUT2D eigenvalue weighted by atomic mass is 9.85. The molecule has 12 aromatic carbocycles. The van der Waals surface area contributed by atoms with Gasteiger partial charge in [0.2, 0.25) is 0 Å². The normalized spacial score (nSPS) is 11.0. The Hall–Kier alpha value is -10.7. The fraction of sp³-hybridized carbons (Fsp3) is 0. The fourth-order valence-electron chi connectivity index (χ4n) is 11.3. The molecule has 0 saturated heterocycles. The summed E-state index contributed by atoms with van der Waals surface area (Å²) < 4.78 is 5.12. The van der Waals surface area contributed by atoms with Crippen molar-refractivity contribution >= 4 is 91.1 Å². The molecule has 14 rings (SSSR count). The van der Waals surface area contributed by atoms with Gasteiger partial charge >= 0.3 is 0 Å². The van der Waals surface area contributed by atoms with E-state index in [0.717, 1.165) is 77.9 Å². The summed E-state index contributed by atoms with van der Waals surface area (Å²) >= 11 is 3.67. The number of hydrogen-bond donors (Lipinski definition) is 0. The van der Waals surface area contributed by atoms with Crippen molar-refractivity contribution < 1.29 is 4.79 Å². The minimum absolute atomic E-state index is 0.0543. The molecule has 0 spiro atoms. The SMILES string of the molecule is O=C(c1ccc(C#Cc2ccc(C(=C(c3ccccc3)c3ccccc3)c3ccc4sc5ccccc5c4c3)cc2)cc1)c1ccc(C#Cc2ccc(C(=C(c3ccccc3)c3ccccc3)c3ccc4sc5ccccc5c4c3)cc2)cc1. The number of hydrogen-bond acceptors (Lipinski definition) is 3. The van der Waals surface area contributed by atoms with E-state index in [4.69, 9.17) is 0 Å². The van der Waals surface area contributed by atoms with Gasteiger partial charge in [0.1, 0.15) is 0 Å². The van der Waals surface area contributed by atoms with Crippen LogP contribution in [-0.4, -0.2) is 5.78 Å². The molecule has 0 saturated carbocycles. The van der Waals surface area contributed by atoms with E-state index in [1.165, 1.54) is 51.5 Å².